The number of aryl methyl sites for hydroxylation is 1. The van der Waals surface area contributed by atoms with Crippen molar-refractivity contribution in [2.24, 2.45) is 5.92 Å². The molecule has 0 aliphatic heterocycles. The van der Waals surface area contributed by atoms with Crippen molar-refractivity contribution in [3.05, 3.63) is 48.1 Å². The van der Waals surface area contributed by atoms with Crippen LogP contribution in [-0.2, 0) is 17.8 Å². The maximum Gasteiger partial charge on any atom is 0.393 e. The lowest BCUT2D eigenvalue weighted by molar-refractivity contribution is -0.150. The van der Waals surface area contributed by atoms with E-state index < -0.39 is 35.1 Å². The Morgan fingerprint density at radius 2 is 2.07 bits per heavy atom. The highest BCUT2D eigenvalue weighted by atomic mass is 32.1. The number of halogens is 3. The average molecular weight is 445 g/mol. The van der Waals surface area contributed by atoms with Gasteiger partial charge in [0.05, 0.1) is 37.0 Å². The monoisotopic (exact) mass is 445 g/mol. The minimum atomic E-state index is -4.47. The van der Waals surface area contributed by atoms with Crippen LogP contribution in [0.4, 0.5) is 13.2 Å². The first-order valence-corrected chi connectivity index (χ1v) is 9.90. The fourth-order valence-electron chi connectivity index (χ4n) is 3.58. The van der Waals surface area contributed by atoms with Gasteiger partial charge in [0.15, 0.2) is 0 Å². The predicted molar refractivity (Wildman–Crippen MR) is 102 cm³/mol. The molecule has 0 saturated heterocycles. The Labute approximate surface area is 170 Å². The van der Waals surface area contributed by atoms with Crippen molar-refractivity contribution in [1.29, 1.82) is 0 Å². The van der Waals surface area contributed by atoms with Crippen LogP contribution < -0.4 is 16.9 Å². The van der Waals surface area contributed by atoms with E-state index in [2.05, 4.69) is 10.1 Å². The first-order valence-electron chi connectivity index (χ1n) is 9.08. The second kappa shape index (κ2) is 7.23. The highest BCUT2D eigenvalue weighted by molar-refractivity contribution is 7.18. The van der Waals surface area contributed by atoms with E-state index in [-0.39, 0.29) is 31.5 Å². The molecular formula is C17H18F3N5O4S. The van der Waals surface area contributed by atoms with Gasteiger partial charge < -0.3 is 4.74 Å². The lowest BCUT2D eigenvalue weighted by atomic mass is 10.2. The maximum absolute atomic E-state index is 13.1. The number of thiophene rings is 1. The van der Waals surface area contributed by atoms with Crippen LogP contribution in [0.2, 0.25) is 0 Å². The van der Waals surface area contributed by atoms with Crippen LogP contribution in [0, 0.1) is 12.8 Å². The zero-order valence-corrected chi connectivity index (χ0v) is 16.8. The van der Waals surface area contributed by atoms with Gasteiger partial charge in [-0.3, -0.25) is 18.9 Å². The zero-order chi connectivity index (χ0) is 21.8. The second-order valence-corrected chi connectivity index (χ2v) is 8.22. The van der Waals surface area contributed by atoms with Gasteiger partial charge in [0.25, 0.3) is 5.56 Å². The van der Waals surface area contributed by atoms with Crippen molar-refractivity contribution in [2.75, 3.05) is 13.7 Å². The van der Waals surface area contributed by atoms with Gasteiger partial charge >= 0.3 is 17.6 Å². The molecule has 0 radical (unpaired) electrons. The molecular weight excluding hydrogens is 427 g/mol. The van der Waals surface area contributed by atoms with Crippen LogP contribution in [0.1, 0.15) is 22.9 Å². The Kier molecular flexibility index (Phi) is 4.97. The summed E-state index contributed by atoms with van der Waals surface area (Å²) in [6.45, 7) is 1.94. The number of aromatic amines is 1. The zero-order valence-electron chi connectivity index (χ0n) is 16.0. The average Bonchev–Trinajstić information content (AvgIpc) is 3.27. The molecule has 1 saturated carbocycles. The minimum Gasteiger partial charge on any atom is -0.383 e. The molecule has 2 unspecified atom stereocenters. The van der Waals surface area contributed by atoms with E-state index in [1.54, 1.807) is 6.92 Å². The molecule has 3 aromatic heterocycles. The number of nitrogens with zero attached hydrogens (tertiary/aromatic N) is 4. The molecule has 4 rings (SSSR count). The van der Waals surface area contributed by atoms with E-state index in [0.29, 0.717) is 15.3 Å². The standard InChI is InChI=1S/C17H18F3N5O4S/c1-8-11(6-24-15(27)21-7-22-24)30-14-12(8)13(26)25(10-5-9(10)17(18,19)20)16(28)23(14)3-4-29-2/h7,9-10H,3-6H2,1-2H3,(H,21,22,27). The van der Waals surface area contributed by atoms with Gasteiger partial charge in [-0.25, -0.2) is 14.3 Å². The number of hydrogen-bond donors (Lipinski definition) is 1. The largest absolute Gasteiger partial charge is 0.393 e. The van der Waals surface area contributed by atoms with Gasteiger partial charge in [-0.1, -0.05) is 0 Å². The molecule has 9 nitrogen and oxygen atoms in total. The summed E-state index contributed by atoms with van der Waals surface area (Å²) in [6, 6.07) is -1.21. The number of ether oxygens (including phenoxy) is 1. The van der Waals surface area contributed by atoms with E-state index in [4.69, 9.17) is 4.74 Å². The summed E-state index contributed by atoms with van der Waals surface area (Å²) in [6.07, 6.45) is -3.54. The van der Waals surface area contributed by atoms with Crippen molar-refractivity contribution >= 4 is 21.6 Å². The van der Waals surface area contributed by atoms with Gasteiger partial charge in [0.2, 0.25) is 0 Å². The molecule has 3 heterocycles. The van der Waals surface area contributed by atoms with Gasteiger partial charge in [-0.05, 0) is 18.9 Å². The van der Waals surface area contributed by atoms with E-state index >= 15 is 0 Å². The first-order chi connectivity index (χ1) is 14.1. The number of nitrogens with one attached hydrogen (secondary N) is 1. The van der Waals surface area contributed by atoms with E-state index in [1.165, 1.54) is 18.0 Å². The summed E-state index contributed by atoms with van der Waals surface area (Å²) >= 11 is 1.14. The third-order valence-corrected chi connectivity index (χ3v) is 6.58. The molecule has 1 N–H and O–H groups in total. The number of methoxy groups -OCH3 is 1. The smallest absolute Gasteiger partial charge is 0.383 e. The molecule has 162 valence electrons. The third kappa shape index (κ3) is 3.31. The third-order valence-electron chi connectivity index (χ3n) is 5.28. The molecule has 1 aliphatic carbocycles. The molecule has 0 amide bonds. The van der Waals surface area contributed by atoms with Crippen molar-refractivity contribution in [1.82, 2.24) is 23.9 Å². The number of rotatable bonds is 6. The summed E-state index contributed by atoms with van der Waals surface area (Å²) in [4.78, 5) is 41.2. The van der Waals surface area contributed by atoms with Gasteiger partial charge in [0.1, 0.15) is 11.2 Å². The topological polar surface area (TPSA) is 104 Å². The molecule has 1 aliphatic rings. The normalized spacial score (nSPS) is 19.0. The Bertz CT molecular complexity index is 1280. The Balaban J connectivity index is 1.91. The molecule has 0 aromatic carbocycles. The Morgan fingerprint density at radius 3 is 2.63 bits per heavy atom. The van der Waals surface area contributed by atoms with Crippen LogP contribution in [0.25, 0.3) is 10.2 Å². The minimum absolute atomic E-state index is 0.0695. The first kappa shape index (κ1) is 20.6. The second-order valence-electron chi connectivity index (χ2n) is 7.14. The molecule has 1 fully saturated rings. The van der Waals surface area contributed by atoms with Gasteiger partial charge in [0, 0.05) is 12.0 Å². The number of H-pyrrole nitrogens is 1. The van der Waals surface area contributed by atoms with Crippen LogP contribution in [0.15, 0.2) is 20.7 Å². The van der Waals surface area contributed by atoms with E-state index in [0.717, 1.165) is 20.6 Å². The molecule has 0 spiro atoms. The summed E-state index contributed by atoms with van der Waals surface area (Å²) in [5, 5.41) is 4.07. The van der Waals surface area contributed by atoms with Crippen molar-refractivity contribution < 1.29 is 17.9 Å². The lowest BCUT2D eigenvalue weighted by Gasteiger charge is -2.12. The number of alkyl halides is 3. The quantitative estimate of drug-likeness (QED) is 0.615. The van der Waals surface area contributed by atoms with Crippen LogP contribution in [-0.4, -0.2) is 43.8 Å². The fraction of sp³-hybridized carbons (Fsp3) is 0.529. The molecule has 30 heavy (non-hydrogen) atoms. The molecule has 13 heteroatoms. The SMILES string of the molecule is COCCn1c(=O)n(C2CC2C(F)(F)F)c(=O)c2c(C)c(Cn3nc[nH]c3=O)sc21. The Hall–Kier alpha value is -2.67. The number of fused-ring (bicyclic) bond motifs is 1. The highest BCUT2D eigenvalue weighted by Crippen LogP contribution is 2.52. The highest BCUT2D eigenvalue weighted by Gasteiger charge is 2.57. The van der Waals surface area contributed by atoms with Gasteiger partial charge in [-0.15, -0.1) is 11.3 Å². The molecule has 3 aromatic rings. The fourth-order valence-corrected chi connectivity index (χ4v) is 4.88. The van der Waals surface area contributed by atoms with Crippen LogP contribution >= 0.6 is 11.3 Å². The summed E-state index contributed by atoms with van der Waals surface area (Å²) in [7, 11) is 1.44. The molecule has 0 bridgehead atoms. The summed E-state index contributed by atoms with van der Waals surface area (Å²) < 4.78 is 47.5. The summed E-state index contributed by atoms with van der Waals surface area (Å²) in [5.41, 5.74) is -1.45. The number of aromatic nitrogens is 5. The summed E-state index contributed by atoms with van der Waals surface area (Å²) in [5.74, 6) is -1.71. The Morgan fingerprint density at radius 1 is 1.33 bits per heavy atom. The van der Waals surface area contributed by atoms with Crippen molar-refractivity contribution in [3.63, 3.8) is 0 Å². The van der Waals surface area contributed by atoms with Gasteiger partial charge in [-0.2, -0.15) is 18.3 Å². The van der Waals surface area contributed by atoms with E-state index in [9.17, 15) is 27.6 Å². The lowest BCUT2D eigenvalue weighted by Crippen LogP contribution is -2.40. The predicted octanol–water partition coefficient (Wildman–Crippen LogP) is 1.24. The maximum atomic E-state index is 13.1. The van der Waals surface area contributed by atoms with Crippen LogP contribution in [0.3, 0.4) is 0 Å². The number of hydrogen-bond acceptors (Lipinski definition) is 6. The van der Waals surface area contributed by atoms with Crippen molar-refractivity contribution in [3.8, 4) is 0 Å². The van der Waals surface area contributed by atoms with Crippen molar-refractivity contribution in [2.45, 2.75) is 38.7 Å². The van der Waals surface area contributed by atoms with Crippen LogP contribution in [0.5, 0.6) is 0 Å². The van der Waals surface area contributed by atoms with E-state index in [1.807, 2.05) is 0 Å². The molecule has 2 atom stereocenters.